The van der Waals surface area contributed by atoms with Crippen LogP contribution in [0.15, 0.2) is 0 Å². The van der Waals surface area contributed by atoms with Crippen LogP contribution >= 0.6 is 0 Å². The Morgan fingerprint density at radius 2 is 1.95 bits per heavy atom. The zero-order valence-electron chi connectivity index (χ0n) is 13.2. The summed E-state index contributed by atoms with van der Waals surface area (Å²) >= 11 is 0. The maximum atomic E-state index is 12.4. The van der Waals surface area contributed by atoms with Gasteiger partial charge in [-0.05, 0) is 38.8 Å². The van der Waals surface area contributed by atoms with Gasteiger partial charge in [0.1, 0.15) is 6.04 Å². The smallest absolute Gasteiger partial charge is 0.326 e. The summed E-state index contributed by atoms with van der Waals surface area (Å²) in [6.45, 7) is 6.55. The van der Waals surface area contributed by atoms with E-state index in [4.69, 9.17) is 0 Å². The molecule has 3 N–H and O–H groups in total. The number of aliphatic carboxylic acids is 1. The minimum Gasteiger partial charge on any atom is -0.480 e. The predicted molar refractivity (Wildman–Crippen MR) is 82.4 cm³/mol. The van der Waals surface area contributed by atoms with E-state index < -0.39 is 12.0 Å². The predicted octanol–water partition coefficient (Wildman–Crippen LogP) is 1.80. The lowest BCUT2D eigenvalue weighted by Gasteiger charge is -2.35. The third-order valence-electron chi connectivity index (χ3n) is 3.92. The summed E-state index contributed by atoms with van der Waals surface area (Å²) in [5, 5.41) is 15.2. The molecule has 2 amide bonds. The molecule has 1 aliphatic heterocycles. The van der Waals surface area contributed by atoms with E-state index in [1.54, 1.807) is 0 Å². The van der Waals surface area contributed by atoms with Gasteiger partial charge < -0.3 is 20.6 Å². The molecule has 0 bridgehead atoms. The number of urea groups is 1. The molecular formula is C15H29N3O3. The molecule has 1 aliphatic rings. The summed E-state index contributed by atoms with van der Waals surface area (Å²) in [5.41, 5.74) is 0. The number of carbonyl (C=O) groups excluding carboxylic acids is 1. The van der Waals surface area contributed by atoms with E-state index in [0.29, 0.717) is 13.0 Å². The highest BCUT2D eigenvalue weighted by Gasteiger charge is 2.27. The van der Waals surface area contributed by atoms with Gasteiger partial charge in [-0.3, -0.25) is 0 Å². The van der Waals surface area contributed by atoms with Crippen LogP contribution < -0.4 is 10.6 Å². The molecule has 1 fully saturated rings. The highest BCUT2D eigenvalue weighted by molar-refractivity contribution is 5.82. The number of carboxylic acid groups (broad SMARTS) is 1. The SMILES string of the molecule is CCCCC(NC(=O)N(CCC)C1CCNCC1)C(=O)O. The molecule has 0 aromatic carbocycles. The first-order valence-electron chi connectivity index (χ1n) is 8.10. The summed E-state index contributed by atoms with van der Waals surface area (Å²) in [6.07, 6.45) is 4.96. The van der Waals surface area contributed by atoms with Crippen LogP contribution in [-0.2, 0) is 4.79 Å². The molecule has 1 rings (SSSR count). The number of carboxylic acids is 1. The van der Waals surface area contributed by atoms with Gasteiger partial charge in [-0.15, -0.1) is 0 Å². The molecule has 1 unspecified atom stereocenters. The van der Waals surface area contributed by atoms with Crippen LogP contribution in [0.3, 0.4) is 0 Å². The van der Waals surface area contributed by atoms with Gasteiger partial charge in [0.2, 0.25) is 0 Å². The van der Waals surface area contributed by atoms with Crippen LogP contribution in [0.5, 0.6) is 0 Å². The number of nitrogens with one attached hydrogen (secondary N) is 2. The van der Waals surface area contributed by atoms with Crippen molar-refractivity contribution in [1.29, 1.82) is 0 Å². The number of piperidine rings is 1. The molecule has 0 aromatic heterocycles. The zero-order chi connectivity index (χ0) is 15.7. The van der Waals surface area contributed by atoms with Crippen LogP contribution in [0.4, 0.5) is 4.79 Å². The normalized spacial score (nSPS) is 17.2. The average molecular weight is 299 g/mol. The molecule has 0 aromatic rings. The number of hydrogen-bond acceptors (Lipinski definition) is 3. The topological polar surface area (TPSA) is 81.7 Å². The lowest BCUT2D eigenvalue weighted by molar-refractivity contribution is -0.139. The van der Waals surface area contributed by atoms with Gasteiger partial charge in [-0.25, -0.2) is 9.59 Å². The number of unbranched alkanes of at least 4 members (excludes halogenated alkanes) is 1. The van der Waals surface area contributed by atoms with Crippen molar-refractivity contribution < 1.29 is 14.7 Å². The van der Waals surface area contributed by atoms with Gasteiger partial charge >= 0.3 is 12.0 Å². The molecule has 6 heteroatoms. The van der Waals surface area contributed by atoms with Gasteiger partial charge in [0.15, 0.2) is 0 Å². The molecule has 21 heavy (non-hydrogen) atoms. The van der Waals surface area contributed by atoms with Crippen LogP contribution in [-0.4, -0.2) is 53.7 Å². The highest BCUT2D eigenvalue weighted by atomic mass is 16.4. The van der Waals surface area contributed by atoms with Crippen LogP contribution in [0.1, 0.15) is 52.4 Å². The van der Waals surface area contributed by atoms with Crippen LogP contribution in [0.25, 0.3) is 0 Å². The van der Waals surface area contributed by atoms with Crippen molar-refractivity contribution in [1.82, 2.24) is 15.5 Å². The van der Waals surface area contributed by atoms with E-state index in [1.165, 1.54) is 0 Å². The third-order valence-corrected chi connectivity index (χ3v) is 3.92. The van der Waals surface area contributed by atoms with Crippen molar-refractivity contribution in [3.63, 3.8) is 0 Å². The Hall–Kier alpha value is -1.30. The second kappa shape index (κ2) is 9.60. The van der Waals surface area contributed by atoms with Crippen molar-refractivity contribution in [3.05, 3.63) is 0 Å². The summed E-state index contributed by atoms with van der Waals surface area (Å²) < 4.78 is 0. The summed E-state index contributed by atoms with van der Waals surface area (Å²) in [5.74, 6) is -0.946. The molecule has 1 saturated heterocycles. The van der Waals surface area contributed by atoms with Crippen molar-refractivity contribution in [2.45, 2.75) is 64.5 Å². The van der Waals surface area contributed by atoms with Crippen molar-refractivity contribution in [3.8, 4) is 0 Å². The maximum absolute atomic E-state index is 12.4. The Bertz CT molecular complexity index is 330. The first-order chi connectivity index (χ1) is 10.1. The molecule has 0 aliphatic carbocycles. The van der Waals surface area contributed by atoms with Gasteiger partial charge in [0.25, 0.3) is 0 Å². The monoisotopic (exact) mass is 299 g/mol. The van der Waals surface area contributed by atoms with E-state index in [-0.39, 0.29) is 12.1 Å². The van der Waals surface area contributed by atoms with Crippen molar-refractivity contribution in [2.75, 3.05) is 19.6 Å². The summed E-state index contributed by atoms with van der Waals surface area (Å²) in [4.78, 5) is 25.5. The maximum Gasteiger partial charge on any atom is 0.326 e. The van der Waals surface area contributed by atoms with E-state index in [1.807, 2.05) is 18.7 Å². The van der Waals surface area contributed by atoms with E-state index in [2.05, 4.69) is 10.6 Å². The fourth-order valence-electron chi connectivity index (χ4n) is 2.71. The van der Waals surface area contributed by atoms with Crippen molar-refractivity contribution >= 4 is 12.0 Å². The van der Waals surface area contributed by atoms with E-state index in [0.717, 1.165) is 45.2 Å². The number of carbonyl (C=O) groups is 2. The molecular weight excluding hydrogens is 270 g/mol. The highest BCUT2D eigenvalue weighted by Crippen LogP contribution is 2.13. The molecule has 6 nitrogen and oxygen atoms in total. The second-order valence-corrected chi connectivity index (χ2v) is 5.66. The summed E-state index contributed by atoms with van der Waals surface area (Å²) in [6, 6.07) is -0.794. The number of rotatable bonds is 8. The van der Waals surface area contributed by atoms with Crippen LogP contribution in [0, 0.1) is 0 Å². The Labute approximate surface area is 127 Å². The van der Waals surface area contributed by atoms with Gasteiger partial charge in [0.05, 0.1) is 0 Å². The molecule has 0 spiro atoms. The second-order valence-electron chi connectivity index (χ2n) is 5.66. The molecule has 122 valence electrons. The quantitative estimate of drug-likeness (QED) is 0.638. The Kier molecular flexibility index (Phi) is 8.12. The van der Waals surface area contributed by atoms with Gasteiger partial charge in [0, 0.05) is 12.6 Å². The lowest BCUT2D eigenvalue weighted by atomic mass is 10.0. The molecule has 0 saturated carbocycles. The van der Waals surface area contributed by atoms with Crippen molar-refractivity contribution in [2.24, 2.45) is 0 Å². The largest absolute Gasteiger partial charge is 0.480 e. The van der Waals surface area contributed by atoms with Crippen LogP contribution in [0.2, 0.25) is 0 Å². The van der Waals surface area contributed by atoms with E-state index in [9.17, 15) is 14.7 Å². The standard InChI is InChI=1S/C15H29N3O3/c1-3-5-6-13(14(19)20)17-15(21)18(11-4-2)12-7-9-16-10-8-12/h12-13,16H,3-11H2,1-2H3,(H,17,21)(H,19,20). The minimum atomic E-state index is -0.946. The van der Waals surface area contributed by atoms with Gasteiger partial charge in [-0.1, -0.05) is 26.7 Å². The Balaban J connectivity index is 2.63. The Morgan fingerprint density at radius 3 is 2.48 bits per heavy atom. The van der Waals surface area contributed by atoms with E-state index >= 15 is 0 Å². The first-order valence-corrected chi connectivity index (χ1v) is 8.10. The van der Waals surface area contributed by atoms with Gasteiger partial charge in [-0.2, -0.15) is 0 Å². The molecule has 1 atom stereocenters. The lowest BCUT2D eigenvalue weighted by Crippen LogP contribution is -2.53. The number of nitrogens with zero attached hydrogens (tertiary/aromatic N) is 1. The first kappa shape index (κ1) is 17.8. The fourth-order valence-corrected chi connectivity index (χ4v) is 2.71. The molecule has 0 radical (unpaired) electrons. The third kappa shape index (κ3) is 5.91. The Morgan fingerprint density at radius 1 is 1.29 bits per heavy atom. The number of amides is 2. The minimum absolute atomic E-state index is 0.215. The summed E-state index contributed by atoms with van der Waals surface area (Å²) in [7, 11) is 0. The number of hydrogen-bond donors (Lipinski definition) is 3. The molecule has 1 heterocycles. The zero-order valence-corrected chi connectivity index (χ0v) is 13.2. The average Bonchev–Trinajstić information content (AvgIpc) is 2.49. The fraction of sp³-hybridized carbons (Fsp3) is 0.867.